The van der Waals surface area contributed by atoms with Gasteiger partial charge in [-0.25, -0.2) is 13.2 Å². The summed E-state index contributed by atoms with van der Waals surface area (Å²) < 4.78 is 31.3. The number of carbonyl (C=O) groups is 1. The number of sulfonamides is 1. The van der Waals surface area contributed by atoms with Gasteiger partial charge in [0.05, 0.1) is 29.7 Å². The van der Waals surface area contributed by atoms with Crippen LogP contribution in [0.3, 0.4) is 0 Å². The van der Waals surface area contributed by atoms with E-state index in [0.717, 1.165) is 10.4 Å². The van der Waals surface area contributed by atoms with E-state index >= 15 is 0 Å². The molecule has 8 heteroatoms. The quantitative estimate of drug-likeness (QED) is 0.876. The van der Waals surface area contributed by atoms with E-state index in [2.05, 4.69) is 0 Å². The molecular formula is C13H14N2O5S. The lowest BCUT2D eigenvalue weighted by molar-refractivity contribution is 0.0311. The van der Waals surface area contributed by atoms with Crippen molar-refractivity contribution in [3.05, 3.63) is 29.3 Å². The summed E-state index contributed by atoms with van der Waals surface area (Å²) in [6, 6.07) is 5.84. The smallest absolute Gasteiger partial charge is 0.335 e. The molecule has 1 aliphatic heterocycles. The van der Waals surface area contributed by atoms with Crippen LogP contribution in [0.4, 0.5) is 0 Å². The van der Waals surface area contributed by atoms with Crippen LogP contribution < -0.4 is 0 Å². The number of aryl methyl sites for hydroxylation is 1. The van der Waals surface area contributed by atoms with Crippen molar-refractivity contribution in [2.75, 3.05) is 19.7 Å². The first kappa shape index (κ1) is 15.4. The fraction of sp³-hybridized carbons (Fsp3) is 0.385. The summed E-state index contributed by atoms with van der Waals surface area (Å²) in [6.45, 7) is 1.81. The first-order valence-electron chi connectivity index (χ1n) is 6.21. The second-order valence-corrected chi connectivity index (χ2v) is 6.57. The van der Waals surface area contributed by atoms with Gasteiger partial charge in [0.2, 0.25) is 10.0 Å². The number of carboxylic acid groups (broad SMARTS) is 1. The summed E-state index contributed by atoms with van der Waals surface area (Å²) >= 11 is 0. The minimum Gasteiger partial charge on any atom is -0.478 e. The van der Waals surface area contributed by atoms with Crippen LogP contribution in [0.15, 0.2) is 23.1 Å². The molecule has 0 aliphatic carbocycles. The highest BCUT2D eigenvalue weighted by molar-refractivity contribution is 7.89. The van der Waals surface area contributed by atoms with E-state index in [1.165, 1.54) is 12.1 Å². The number of morpholine rings is 1. The first-order valence-corrected chi connectivity index (χ1v) is 7.65. The molecule has 1 aliphatic rings. The molecule has 1 saturated heterocycles. The molecule has 0 radical (unpaired) electrons. The van der Waals surface area contributed by atoms with Gasteiger partial charge < -0.3 is 9.84 Å². The lowest BCUT2D eigenvalue weighted by atomic mass is 10.1. The average Bonchev–Trinajstić information content (AvgIpc) is 2.47. The van der Waals surface area contributed by atoms with Crippen LogP contribution in [0.2, 0.25) is 0 Å². The van der Waals surface area contributed by atoms with Crippen molar-refractivity contribution in [1.82, 2.24) is 4.31 Å². The maximum Gasteiger partial charge on any atom is 0.335 e. The summed E-state index contributed by atoms with van der Waals surface area (Å²) in [6.07, 6.45) is -0.807. The zero-order valence-electron chi connectivity index (χ0n) is 11.3. The molecule has 0 amide bonds. The molecular weight excluding hydrogens is 296 g/mol. The van der Waals surface area contributed by atoms with Crippen molar-refractivity contribution >= 4 is 16.0 Å². The third-order valence-electron chi connectivity index (χ3n) is 3.25. The molecule has 0 spiro atoms. The number of rotatable bonds is 3. The van der Waals surface area contributed by atoms with Crippen LogP contribution in [-0.2, 0) is 14.8 Å². The number of hydrogen-bond acceptors (Lipinski definition) is 5. The minimum absolute atomic E-state index is 0.0545. The number of carboxylic acids is 1. The van der Waals surface area contributed by atoms with Crippen LogP contribution in [-0.4, -0.2) is 49.6 Å². The topological polar surface area (TPSA) is 108 Å². The van der Waals surface area contributed by atoms with Crippen LogP contribution >= 0.6 is 0 Å². The highest BCUT2D eigenvalue weighted by Crippen LogP contribution is 2.21. The molecule has 0 bridgehead atoms. The molecule has 1 N–H and O–H groups in total. The Balaban J connectivity index is 2.38. The first-order chi connectivity index (χ1) is 9.86. The van der Waals surface area contributed by atoms with E-state index in [-0.39, 0.29) is 30.2 Å². The summed E-state index contributed by atoms with van der Waals surface area (Å²) in [4.78, 5) is 11.0. The number of hydrogen-bond donors (Lipinski definition) is 1. The lowest BCUT2D eigenvalue weighted by Crippen LogP contribution is -2.45. The Bertz CT molecular complexity index is 708. The van der Waals surface area contributed by atoms with Crippen LogP contribution in [0, 0.1) is 18.3 Å². The maximum absolute atomic E-state index is 12.5. The fourth-order valence-electron chi connectivity index (χ4n) is 2.06. The number of aromatic carboxylic acids is 1. The highest BCUT2D eigenvalue weighted by Gasteiger charge is 2.31. The van der Waals surface area contributed by atoms with Gasteiger partial charge in [-0.3, -0.25) is 0 Å². The van der Waals surface area contributed by atoms with E-state index in [1.807, 2.05) is 6.07 Å². The van der Waals surface area contributed by atoms with E-state index < -0.39 is 22.1 Å². The number of nitrogens with zero attached hydrogens (tertiary/aromatic N) is 2. The SMILES string of the molecule is Cc1ccc(S(=O)(=O)N2CCOC(C#N)C2)cc1C(=O)O. The van der Waals surface area contributed by atoms with Gasteiger partial charge in [-0.15, -0.1) is 0 Å². The van der Waals surface area contributed by atoms with Crippen molar-refractivity contribution in [1.29, 1.82) is 5.26 Å². The maximum atomic E-state index is 12.5. The zero-order valence-corrected chi connectivity index (χ0v) is 12.1. The van der Waals surface area contributed by atoms with Gasteiger partial charge in [-0.05, 0) is 24.6 Å². The van der Waals surface area contributed by atoms with Crippen molar-refractivity contribution in [3.63, 3.8) is 0 Å². The standard InChI is InChI=1S/C13H14N2O5S/c1-9-2-3-11(6-12(9)13(16)17)21(18,19)15-4-5-20-10(7-14)8-15/h2-3,6,10H,4-5,8H2,1H3,(H,16,17). The normalized spacial score (nSPS) is 19.9. The predicted octanol–water partition coefficient (Wildman–Crippen LogP) is 0.606. The monoisotopic (exact) mass is 310 g/mol. The number of benzene rings is 1. The minimum atomic E-state index is -3.84. The fourth-order valence-corrected chi connectivity index (χ4v) is 3.51. The Morgan fingerprint density at radius 1 is 1.52 bits per heavy atom. The molecule has 1 heterocycles. The molecule has 7 nitrogen and oxygen atoms in total. The highest BCUT2D eigenvalue weighted by atomic mass is 32.2. The third-order valence-corrected chi connectivity index (χ3v) is 5.11. The van der Waals surface area contributed by atoms with Crippen LogP contribution in [0.25, 0.3) is 0 Å². The van der Waals surface area contributed by atoms with Gasteiger partial charge in [0.1, 0.15) is 0 Å². The largest absolute Gasteiger partial charge is 0.478 e. The summed E-state index contributed by atoms with van der Waals surface area (Å²) in [7, 11) is -3.84. The van der Waals surface area contributed by atoms with Gasteiger partial charge in [-0.1, -0.05) is 6.07 Å². The Morgan fingerprint density at radius 2 is 2.24 bits per heavy atom. The number of ether oxygens (including phenoxy) is 1. The van der Waals surface area contributed by atoms with Crippen molar-refractivity contribution in [2.24, 2.45) is 0 Å². The van der Waals surface area contributed by atoms with E-state index in [4.69, 9.17) is 15.1 Å². The Labute approximate surface area is 122 Å². The molecule has 112 valence electrons. The lowest BCUT2D eigenvalue weighted by Gasteiger charge is -2.29. The van der Waals surface area contributed by atoms with Gasteiger partial charge in [0.25, 0.3) is 0 Å². The van der Waals surface area contributed by atoms with E-state index in [1.54, 1.807) is 6.92 Å². The Hall–Kier alpha value is -1.95. The Kier molecular flexibility index (Phi) is 4.27. The predicted molar refractivity (Wildman–Crippen MR) is 72.3 cm³/mol. The van der Waals surface area contributed by atoms with Crippen LogP contribution in [0.1, 0.15) is 15.9 Å². The van der Waals surface area contributed by atoms with Crippen molar-refractivity contribution in [2.45, 2.75) is 17.9 Å². The molecule has 0 saturated carbocycles. The van der Waals surface area contributed by atoms with Gasteiger partial charge in [-0.2, -0.15) is 9.57 Å². The molecule has 1 atom stereocenters. The molecule has 2 rings (SSSR count). The molecule has 1 aromatic carbocycles. The van der Waals surface area contributed by atoms with Crippen molar-refractivity contribution in [3.8, 4) is 6.07 Å². The average molecular weight is 310 g/mol. The Morgan fingerprint density at radius 3 is 2.86 bits per heavy atom. The third kappa shape index (κ3) is 3.05. The summed E-state index contributed by atoms with van der Waals surface area (Å²) in [5, 5.41) is 17.9. The van der Waals surface area contributed by atoms with Gasteiger partial charge >= 0.3 is 5.97 Å². The van der Waals surface area contributed by atoms with E-state index in [9.17, 15) is 13.2 Å². The molecule has 1 unspecified atom stereocenters. The molecule has 1 aromatic rings. The van der Waals surface area contributed by atoms with Crippen molar-refractivity contribution < 1.29 is 23.1 Å². The van der Waals surface area contributed by atoms with E-state index in [0.29, 0.717) is 5.56 Å². The van der Waals surface area contributed by atoms with Crippen LogP contribution in [0.5, 0.6) is 0 Å². The second-order valence-electron chi connectivity index (χ2n) is 4.63. The van der Waals surface area contributed by atoms with Gasteiger partial charge in [0.15, 0.2) is 6.10 Å². The number of nitriles is 1. The zero-order chi connectivity index (χ0) is 15.6. The summed E-state index contributed by atoms with van der Waals surface area (Å²) in [5.74, 6) is -1.18. The molecule has 0 aromatic heterocycles. The molecule has 21 heavy (non-hydrogen) atoms. The second kappa shape index (κ2) is 5.81. The summed E-state index contributed by atoms with van der Waals surface area (Å²) in [5.41, 5.74) is 0.430. The van der Waals surface area contributed by atoms with Gasteiger partial charge in [0, 0.05) is 6.54 Å². The molecule has 1 fully saturated rings.